The van der Waals surface area contributed by atoms with Gasteiger partial charge in [-0.05, 0) is 42.2 Å². The lowest BCUT2D eigenvalue weighted by Crippen LogP contribution is -2.32. The Hall–Kier alpha value is -2.82. The van der Waals surface area contributed by atoms with Gasteiger partial charge in [0.2, 0.25) is 0 Å². The first kappa shape index (κ1) is 21.9. The lowest BCUT2D eigenvalue weighted by atomic mass is 10.1. The van der Waals surface area contributed by atoms with E-state index in [0.29, 0.717) is 41.3 Å². The number of hydrogen-bond donors (Lipinski definition) is 1. The number of halogens is 1. The first-order chi connectivity index (χ1) is 14.6. The van der Waals surface area contributed by atoms with Crippen molar-refractivity contribution in [2.75, 3.05) is 20.3 Å². The third-order valence-corrected chi connectivity index (χ3v) is 5.39. The lowest BCUT2D eigenvalue weighted by molar-refractivity contribution is -0.117. The minimum atomic E-state index is -0.428. The second-order valence-electron chi connectivity index (χ2n) is 6.81. The summed E-state index contributed by atoms with van der Waals surface area (Å²) >= 11 is 3.50. The number of nitrogens with one attached hydrogen (secondary N) is 1. The smallest absolute Gasteiger partial charge is 0.262 e. The molecule has 0 radical (unpaired) electrons. The molecular formula is C23H23BrN2O4. The van der Waals surface area contributed by atoms with Gasteiger partial charge < -0.3 is 19.5 Å². The summed E-state index contributed by atoms with van der Waals surface area (Å²) < 4.78 is 17.5. The summed E-state index contributed by atoms with van der Waals surface area (Å²) in [5, 5.41) is 12.2. The Morgan fingerprint density at radius 3 is 2.80 bits per heavy atom. The van der Waals surface area contributed by atoms with E-state index in [1.54, 1.807) is 19.2 Å². The number of nitrogens with zero attached hydrogens (tertiary/aromatic N) is 1. The molecule has 1 saturated heterocycles. The molecule has 30 heavy (non-hydrogen) atoms. The van der Waals surface area contributed by atoms with Gasteiger partial charge in [0.15, 0.2) is 11.5 Å². The van der Waals surface area contributed by atoms with Gasteiger partial charge in [0.1, 0.15) is 18.2 Å². The normalized spacial score (nSPS) is 16.0. The third-order valence-electron chi connectivity index (χ3n) is 4.70. The zero-order valence-corrected chi connectivity index (χ0v) is 18.3. The predicted molar refractivity (Wildman–Crippen MR) is 117 cm³/mol. The summed E-state index contributed by atoms with van der Waals surface area (Å²) in [5.41, 5.74) is 1.69. The summed E-state index contributed by atoms with van der Waals surface area (Å²) in [6.07, 6.45) is 3.45. The van der Waals surface area contributed by atoms with Crippen molar-refractivity contribution in [2.45, 2.75) is 25.6 Å². The van der Waals surface area contributed by atoms with Crippen molar-refractivity contribution in [2.24, 2.45) is 0 Å². The largest absolute Gasteiger partial charge is 0.493 e. The SMILES string of the molecule is COc1cc(/C=C(\C#N)C(=O)NC[C@@H]2CCCO2)c(Br)cc1OCc1ccccc1. The molecule has 6 nitrogen and oxygen atoms in total. The molecule has 2 aromatic carbocycles. The van der Waals surface area contributed by atoms with E-state index in [9.17, 15) is 10.1 Å². The van der Waals surface area contributed by atoms with Crippen molar-refractivity contribution in [3.8, 4) is 17.6 Å². The summed E-state index contributed by atoms with van der Waals surface area (Å²) in [5.74, 6) is 0.646. The molecule has 1 aliphatic heterocycles. The predicted octanol–water partition coefficient (Wildman–Crippen LogP) is 4.24. The van der Waals surface area contributed by atoms with Crippen LogP contribution in [-0.2, 0) is 16.1 Å². The van der Waals surface area contributed by atoms with Crippen LogP contribution in [0, 0.1) is 11.3 Å². The Labute approximate surface area is 184 Å². The monoisotopic (exact) mass is 470 g/mol. The van der Waals surface area contributed by atoms with Crippen LogP contribution >= 0.6 is 15.9 Å². The van der Waals surface area contributed by atoms with E-state index in [0.717, 1.165) is 18.4 Å². The Kier molecular flexibility index (Phi) is 7.89. The Morgan fingerprint density at radius 2 is 2.13 bits per heavy atom. The minimum Gasteiger partial charge on any atom is -0.493 e. The molecular weight excluding hydrogens is 448 g/mol. The number of carbonyl (C=O) groups is 1. The molecule has 1 amide bonds. The zero-order chi connectivity index (χ0) is 21.3. The third kappa shape index (κ3) is 5.85. The molecule has 0 unspecified atom stereocenters. The zero-order valence-electron chi connectivity index (χ0n) is 16.7. The first-order valence-electron chi connectivity index (χ1n) is 9.66. The van der Waals surface area contributed by atoms with Crippen LogP contribution in [0.4, 0.5) is 0 Å². The van der Waals surface area contributed by atoms with E-state index in [1.807, 2.05) is 36.4 Å². The van der Waals surface area contributed by atoms with Gasteiger partial charge in [0, 0.05) is 17.6 Å². The summed E-state index contributed by atoms with van der Waals surface area (Å²) in [7, 11) is 1.55. The summed E-state index contributed by atoms with van der Waals surface area (Å²) in [6.45, 7) is 1.51. The quantitative estimate of drug-likeness (QED) is 0.460. The first-order valence-corrected chi connectivity index (χ1v) is 10.5. The van der Waals surface area contributed by atoms with Gasteiger partial charge >= 0.3 is 0 Å². The molecule has 7 heteroatoms. The average Bonchev–Trinajstić information content (AvgIpc) is 3.29. The Bertz CT molecular complexity index is 948. The fourth-order valence-electron chi connectivity index (χ4n) is 3.08. The second kappa shape index (κ2) is 10.8. The molecule has 0 bridgehead atoms. The van der Waals surface area contributed by atoms with E-state index in [4.69, 9.17) is 14.2 Å². The summed E-state index contributed by atoms with van der Waals surface area (Å²) in [4.78, 5) is 12.4. The highest BCUT2D eigenvalue weighted by atomic mass is 79.9. The van der Waals surface area contributed by atoms with E-state index in [-0.39, 0.29) is 11.7 Å². The molecule has 1 N–H and O–H groups in total. The van der Waals surface area contributed by atoms with Crippen molar-refractivity contribution in [3.63, 3.8) is 0 Å². The minimum absolute atomic E-state index is 0.00806. The fraction of sp³-hybridized carbons (Fsp3) is 0.304. The van der Waals surface area contributed by atoms with Crippen LogP contribution in [0.15, 0.2) is 52.5 Å². The number of rotatable bonds is 8. The average molecular weight is 471 g/mol. The van der Waals surface area contributed by atoms with Crippen LogP contribution < -0.4 is 14.8 Å². The standard InChI is InChI=1S/C23H23BrN2O4/c1-28-21-11-17(10-18(13-25)23(27)26-14-19-8-5-9-29-19)20(24)12-22(21)30-15-16-6-3-2-4-7-16/h2-4,6-7,10-12,19H,5,8-9,14-15H2,1H3,(H,26,27)/b18-10+/t19-/m0/s1. The Balaban J connectivity index is 1.73. The highest BCUT2D eigenvalue weighted by Gasteiger charge is 2.18. The van der Waals surface area contributed by atoms with Gasteiger partial charge in [0.05, 0.1) is 13.2 Å². The molecule has 0 spiro atoms. The molecule has 2 aromatic rings. The molecule has 1 heterocycles. The van der Waals surface area contributed by atoms with Gasteiger partial charge in [-0.15, -0.1) is 0 Å². The van der Waals surface area contributed by atoms with E-state index in [2.05, 4.69) is 21.2 Å². The summed E-state index contributed by atoms with van der Waals surface area (Å²) in [6, 6.07) is 15.3. The molecule has 3 rings (SSSR count). The van der Waals surface area contributed by atoms with Crippen molar-refractivity contribution in [1.29, 1.82) is 5.26 Å². The maximum atomic E-state index is 12.4. The molecule has 1 fully saturated rings. The van der Waals surface area contributed by atoms with Crippen LogP contribution in [-0.4, -0.2) is 32.3 Å². The molecule has 0 aliphatic carbocycles. The number of amides is 1. The van der Waals surface area contributed by atoms with Gasteiger partial charge in [-0.2, -0.15) is 5.26 Å². The number of nitriles is 1. The number of ether oxygens (including phenoxy) is 3. The molecule has 0 saturated carbocycles. The van der Waals surface area contributed by atoms with Gasteiger partial charge in [-0.3, -0.25) is 4.79 Å². The van der Waals surface area contributed by atoms with Gasteiger partial charge in [-0.1, -0.05) is 46.3 Å². The number of methoxy groups -OCH3 is 1. The molecule has 1 atom stereocenters. The maximum Gasteiger partial charge on any atom is 0.262 e. The molecule has 156 valence electrons. The van der Waals surface area contributed by atoms with Crippen molar-refractivity contribution in [3.05, 3.63) is 63.6 Å². The molecule has 1 aliphatic rings. The number of hydrogen-bond acceptors (Lipinski definition) is 5. The van der Waals surface area contributed by atoms with E-state index >= 15 is 0 Å². The van der Waals surface area contributed by atoms with Gasteiger partial charge in [-0.25, -0.2) is 0 Å². The Morgan fingerprint density at radius 1 is 1.33 bits per heavy atom. The second-order valence-corrected chi connectivity index (χ2v) is 7.67. The number of carbonyl (C=O) groups excluding carboxylic acids is 1. The topological polar surface area (TPSA) is 80.6 Å². The molecule has 0 aromatic heterocycles. The van der Waals surface area contributed by atoms with E-state index < -0.39 is 5.91 Å². The van der Waals surface area contributed by atoms with Crippen molar-refractivity contribution >= 4 is 27.9 Å². The lowest BCUT2D eigenvalue weighted by Gasteiger charge is -2.13. The van der Waals surface area contributed by atoms with Crippen molar-refractivity contribution in [1.82, 2.24) is 5.32 Å². The van der Waals surface area contributed by atoms with Gasteiger partial charge in [0.25, 0.3) is 5.91 Å². The fourth-order valence-corrected chi connectivity index (χ4v) is 3.52. The van der Waals surface area contributed by atoms with Crippen molar-refractivity contribution < 1.29 is 19.0 Å². The van der Waals surface area contributed by atoms with Crippen LogP contribution in [0.25, 0.3) is 6.08 Å². The maximum absolute atomic E-state index is 12.4. The van der Waals surface area contributed by atoms with Crippen LogP contribution in [0.3, 0.4) is 0 Å². The van der Waals surface area contributed by atoms with Crippen LogP contribution in [0.1, 0.15) is 24.0 Å². The number of benzene rings is 2. The van der Waals surface area contributed by atoms with Crippen LogP contribution in [0.5, 0.6) is 11.5 Å². The highest BCUT2D eigenvalue weighted by Crippen LogP contribution is 2.35. The van der Waals surface area contributed by atoms with Crippen LogP contribution in [0.2, 0.25) is 0 Å². The van der Waals surface area contributed by atoms with E-state index in [1.165, 1.54) is 6.08 Å². The highest BCUT2D eigenvalue weighted by molar-refractivity contribution is 9.10.